The van der Waals surface area contributed by atoms with E-state index in [1.165, 1.54) is 18.2 Å². The van der Waals surface area contributed by atoms with Crippen molar-refractivity contribution in [2.45, 2.75) is 25.7 Å². The molecule has 0 saturated carbocycles. The van der Waals surface area contributed by atoms with Crippen LogP contribution in [-0.4, -0.2) is 14.3 Å². The first kappa shape index (κ1) is 25.7. The minimum Gasteiger partial charge on any atom is -0.377 e. The molecule has 1 amide bonds. The molecule has 0 unspecified atom stereocenters. The topological polar surface area (TPSA) is 96.3 Å². The Morgan fingerprint density at radius 3 is 2.38 bits per heavy atom. The van der Waals surface area contributed by atoms with Gasteiger partial charge in [-0.05, 0) is 84.2 Å². The molecule has 9 heteroatoms. The van der Waals surface area contributed by atoms with Gasteiger partial charge in [0.15, 0.2) is 5.75 Å². The number of rotatable bonds is 6. The van der Waals surface area contributed by atoms with Crippen molar-refractivity contribution < 1.29 is 17.4 Å². The molecule has 0 aliphatic rings. The van der Waals surface area contributed by atoms with E-state index in [1.807, 2.05) is 32.9 Å². The van der Waals surface area contributed by atoms with E-state index < -0.39 is 16.0 Å². The van der Waals surface area contributed by atoms with Crippen LogP contribution < -0.4 is 9.50 Å². The number of carbonyl (C=O) groups is 1. The van der Waals surface area contributed by atoms with E-state index in [2.05, 4.69) is 37.2 Å². The third kappa shape index (κ3) is 5.95. The quantitative estimate of drug-likeness (QED) is 0.198. The average molecular weight is 604 g/mol. The molecule has 0 heterocycles. The second-order valence-electron chi connectivity index (χ2n) is 7.53. The lowest BCUT2D eigenvalue weighted by molar-refractivity contribution is -0.112. The largest absolute Gasteiger partial charge is 0.377 e. The summed E-state index contributed by atoms with van der Waals surface area (Å²) in [6.07, 6.45) is 1.29. The van der Waals surface area contributed by atoms with Crippen molar-refractivity contribution in [1.82, 2.24) is 0 Å². The molecular weight excluding hydrogens is 584 g/mol. The van der Waals surface area contributed by atoms with E-state index in [9.17, 15) is 18.5 Å². The van der Waals surface area contributed by atoms with Crippen molar-refractivity contribution in [2.75, 3.05) is 5.32 Å². The van der Waals surface area contributed by atoms with E-state index in [4.69, 9.17) is 4.18 Å². The van der Waals surface area contributed by atoms with Gasteiger partial charge in [-0.15, -0.1) is 0 Å². The molecule has 6 nitrogen and oxygen atoms in total. The molecule has 0 aliphatic heterocycles. The van der Waals surface area contributed by atoms with Crippen LogP contribution in [0.4, 0.5) is 5.69 Å². The van der Waals surface area contributed by atoms with Gasteiger partial charge in [0.1, 0.15) is 16.5 Å². The number of nitrogens with zero attached hydrogens (tertiary/aromatic N) is 1. The average Bonchev–Trinajstić information content (AvgIpc) is 2.77. The highest BCUT2D eigenvalue weighted by molar-refractivity contribution is 9.11. The SMILES string of the molecule is Cc1ccc(S(=O)(=O)Oc2c(Br)cc(Br)cc2/C=C(\C#N)C(=O)Nc2cccc(C)c2C)cc1. The Morgan fingerprint density at radius 2 is 1.74 bits per heavy atom. The van der Waals surface area contributed by atoms with Crippen LogP contribution in [0.15, 0.2) is 74.0 Å². The molecule has 3 aromatic carbocycles. The molecule has 0 saturated heterocycles. The first-order valence-corrected chi connectivity index (χ1v) is 13.0. The summed E-state index contributed by atoms with van der Waals surface area (Å²) in [6, 6.07) is 16.8. The minimum absolute atomic E-state index is 0.0176. The highest BCUT2D eigenvalue weighted by Gasteiger charge is 2.22. The van der Waals surface area contributed by atoms with Crippen molar-refractivity contribution in [3.8, 4) is 11.8 Å². The molecule has 0 spiro atoms. The van der Waals surface area contributed by atoms with Crippen LogP contribution in [0.2, 0.25) is 0 Å². The van der Waals surface area contributed by atoms with Crippen LogP contribution in [-0.2, 0) is 14.9 Å². The van der Waals surface area contributed by atoms with E-state index in [-0.39, 0.29) is 21.8 Å². The summed E-state index contributed by atoms with van der Waals surface area (Å²) in [5.74, 6) is -0.671. The lowest BCUT2D eigenvalue weighted by atomic mass is 10.1. The first-order valence-electron chi connectivity index (χ1n) is 10.0. The van der Waals surface area contributed by atoms with Crippen LogP contribution in [0, 0.1) is 32.1 Å². The van der Waals surface area contributed by atoms with E-state index in [1.54, 1.807) is 36.4 Å². The lowest BCUT2D eigenvalue weighted by Gasteiger charge is -2.13. The molecule has 0 bridgehead atoms. The van der Waals surface area contributed by atoms with Gasteiger partial charge in [0.25, 0.3) is 5.91 Å². The standard InChI is InChI=1S/C25H20Br2N2O4S/c1-15-7-9-21(10-8-15)34(31,32)33-24-18(12-20(26)13-22(24)27)11-19(14-28)25(30)29-23-6-4-5-16(2)17(23)3/h4-13H,1-3H3,(H,29,30)/b19-11+. The summed E-state index contributed by atoms with van der Waals surface area (Å²) in [5.41, 5.74) is 3.37. The number of halogens is 2. The number of amides is 1. The zero-order chi connectivity index (χ0) is 25.0. The Labute approximate surface area is 215 Å². The van der Waals surface area contributed by atoms with Crippen molar-refractivity contribution in [3.05, 3.63) is 91.4 Å². The van der Waals surface area contributed by atoms with E-state index >= 15 is 0 Å². The van der Waals surface area contributed by atoms with Crippen LogP contribution in [0.5, 0.6) is 5.75 Å². The molecule has 174 valence electrons. The van der Waals surface area contributed by atoms with E-state index in [0.717, 1.165) is 16.7 Å². The normalized spacial score (nSPS) is 11.6. The van der Waals surface area contributed by atoms with Gasteiger partial charge in [0.05, 0.1) is 4.47 Å². The second kappa shape index (κ2) is 10.6. The third-order valence-corrected chi connectivity index (χ3v) is 7.34. The number of anilines is 1. The fourth-order valence-corrected chi connectivity index (χ4v) is 5.44. The maximum atomic E-state index is 12.9. The van der Waals surface area contributed by atoms with Crippen LogP contribution in [0.25, 0.3) is 6.08 Å². The predicted molar refractivity (Wildman–Crippen MR) is 139 cm³/mol. The van der Waals surface area contributed by atoms with Gasteiger partial charge in [-0.25, -0.2) is 0 Å². The molecule has 34 heavy (non-hydrogen) atoms. The van der Waals surface area contributed by atoms with E-state index in [0.29, 0.717) is 14.6 Å². The van der Waals surface area contributed by atoms with Crippen LogP contribution in [0.3, 0.4) is 0 Å². The molecule has 0 aromatic heterocycles. The molecular formula is C25H20Br2N2O4S. The minimum atomic E-state index is -4.17. The van der Waals surface area contributed by atoms with Gasteiger partial charge >= 0.3 is 10.1 Å². The Hall–Kier alpha value is -2.93. The molecule has 1 N–H and O–H groups in total. The number of hydrogen-bond donors (Lipinski definition) is 1. The summed E-state index contributed by atoms with van der Waals surface area (Å²) in [7, 11) is -4.17. The summed E-state index contributed by atoms with van der Waals surface area (Å²) >= 11 is 6.67. The number of aryl methyl sites for hydroxylation is 2. The highest BCUT2D eigenvalue weighted by Crippen LogP contribution is 2.36. The fourth-order valence-electron chi connectivity index (χ4n) is 3.02. The predicted octanol–water partition coefficient (Wildman–Crippen LogP) is 6.45. The van der Waals surface area contributed by atoms with Crippen molar-refractivity contribution in [3.63, 3.8) is 0 Å². The number of carbonyl (C=O) groups excluding carboxylic acids is 1. The second-order valence-corrected chi connectivity index (χ2v) is 10.8. The van der Waals surface area contributed by atoms with Crippen LogP contribution in [0.1, 0.15) is 22.3 Å². The van der Waals surface area contributed by atoms with Crippen molar-refractivity contribution in [1.29, 1.82) is 5.26 Å². The van der Waals surface area contributed by atoms with Gasteiger partial charge in [-0.3, -0.25) is 4.79 Å². The fraction of sp³-hybridized carbons (Fsp3) is 0.120. The molecule has 0 atom stereocenters. The summed E-state index contributed by atoms with van der Waals surface area (Å²) in [4.78, 5) is 12.8. The summed E-state index contributed by atoms with van der Waals surface area (Å²) in [6.45, 7) is 5.63. The highest BCUT2D eigenvalue weighted by atomic mass is 79.9. The Morgan fingerprint density at radius 1 is 1.06 bits per heavy atom. The number of hydrogen-bond acceptors (Lipinski definition) is 5. The van der Waals surface area contributed by atoms with Crippen molar-refractivity contribution in [2.24, 2.45) is 0 Å². The van der Waals surface area contributed by atoms with Gasteiger partial charge in [0, 0.05) is 15.7 Å². The number of nitrogens with one attached hydrogen (secondary N) is 1. The maximum Gasteiger partial charge on any atom is 0.339 e. The summed E-state index contributed by atoms with van der Waals surface area (Å²) in [5, 5.41) is 12.4. The number of nitriles is 1. The molecule has 0 radical (unpaired) electrons. The van der Waals surface area contributed by atoms with Gasteiger partial charge in [-0.2, -0.15) is 13.7 Å². The smallest absolute Gasteiger partial charge is 0.339 e. The zero-order valence-electron chi connectivity index (χ0n) is 18.5. The van der Waals surface area contributed by atoms with Crippen LogP contribution >= 0.6 is 31.9 Å². The Bertz CT molecular complexity index is 1440. The first-order chi connectivity index (χ1) is 16.0. The Balaban J connectivity index is 2.01. The lowest BCUT2D eigenvalue weighted by Crippen LogP contribution is -2.15. The molecule has 3 rings (SSSR count). The van der Waals surface area contributed by atoms with Gasteiger partial charge in [-0.1, -0.05) is 45.8 Å². The molecule has 0 aliphatic carbocycles. The van der Waals surface area contributed by atoms with Gasteiger partial charge in [0.2, 0.25) is 0 Å². The monoisotopic (exact) mass is 602 g/mol. The van der Waals surface area contributed by atoms with Crippen molar-refractivity contribution >= 4 is 59.6 Å². The maximum absolute atomic E-state index is 12.9. The Kier molecular flexibility index (Phi) is 7.97. The third-order valence-electron chi connectivity index (χ3n) is 5.06. The molecule has 0 fully saturated rings. The zero-order valence-corrected chi connectivity index (χ0v) is 22.5. The number of benzene rings is 3. The van der Waals surface area contributed by atoms with Gasteiger partial charge < -0.3 is 9.50 Å². The summed E-state index contributed by atoms with van der Waals surface area (Å²) < 4.78 is 32.1. The molecule has 3 aromatic rings.